The van der Waals surface area contributed by atoms with Crippen LogP contribution in [0.5, 0.6) is 0 Å². The minimum atomic E-state index is 0.208. The van der Waals surface area contributed by atoms with Gasteiger partial charge in [-0.25, -0.2) is 0 Å². The molecule has 4 heteroatoms. The van der Waals surface area contributed by atoms with E-state index in [1.165, 1.54) is 11.1 Å². The van der Waals surface area contributed by atoms with Gasteiger partial charge in [0.05, 0.1) is 6.04 Å². The Morgan fingerprint density at radius 2 is 1.90 bits per heavy atom. The summed E-state index contributed by atoms with van der Waals surface area (Å²) >= 11 is 0. The molecule has 21 heavy (non-hydrogen) atoms. The second kappa shape index (κ2) is 7.36. The topological polar surface area (TPSA) is 42.7 Å². The molecular formula is C17H26N4. The molecule has 0 saturated carbocycles. The molecule has 0 radical (unpaired) electrons. The lowest BCUT2D eigenvalue weighted by Gasteiger charge is -2.20. The lowest BCUT2D eigenvalue weighted by atomic mass is 10.0. The highest BCUT2D eigenvalue weighted by molar-refractivity contribution is 5.22. The van der Waals surface area contributed by atoms with E-state index in [1.54, 1.807) is 0 Å². The van der Waals surface area contributed by atoms with Crippen LogP contribution in [0.2, 0.25) is 0 Å². The summed E-state index contributed by atoms with van der Waals surface area (Å²) in [6.45, 7) is 9.63. The van der Waals surface area contributed by atoms with Crippen molar-refractivity contribution in [3.05, 3.63) is 47.5 Å². The molecule has 0 spiro atoms. The van der Waals surface area contributed by atoms with E-state index in [0.717, 1.165) is 25.2 Å². The molecule has 0 fully saturated rings. The Hall–Kier alpha value is -1.68. The van der Waals surface area contributed by atoms with E-state index in [4.69, 9.17) is 0 Å². The average Bonchev–Trinajstić information content (AvgIpc) is 2.90. The highest BCUT2D eigenvalue weighted by atomic mass is 15.3. The van der Waals surface area contributed by atoms with Gasteiger partial charge in [0.2, 0.25) is 0 Å². The van der Waals surface area contributed by atoms with E-state index in [2.05, 4.69) is 72.0 Å². The van der Waals surface area contributed by atoms with E-state index >= 15 is 0 Å². The molecule has 4 nitrogen and oxygen atoms in total. The largest absolute Gasteiger partial charge is 0.316 e. The van der Waals surface area contributed by atoms with Crippen LogP contribution in [0.1, 0.15) is 50.2 Å². The molecule has 2 unspecified atom stereocenters. The second-order valence-corrected chi connectivity index (χ2v) is 5.86. The summed E-state index contributed by atoms with van der Waals surface area (Å²) in [5, 5.41) is 11.9. The SMILES string of the molecule is CCCn1cnnc1C(C)NC(C)Cc1ccc(C)cc1. The van der Waals surface area contributed by atoms with Gasteiger partial charge >= 0.3 is 0 Å². The molecule has 114 valence electrons. The Morgan fingerprint density at radius 1 is 1.19 bits per heavy atom. The molecule has 0 amide bonds. The minimum absolute atomic E-state index is 0.208. The fourth-order valence-corrected chi connectivity index (χ4v) is 2.65. The van der Waals surface area contributed by atoms with E-state index < -0.39 is 0 Å². The van der Waals surface area contributed by atoms with Crippen LogP contribution in [0.25, 0.3) is 0 Å². The van der Waals surface area contributed by atoms with E-state index in [0.29, 0.717) is 6.04 Å². The van der Waals surface area contributed by atoms with Gasteiger partial charge in [0.25, 0.3) is 0 Å². The molecule has 1 aromatic heterocycles. The van der Waals surface area contributed by atoms with Crippen molar-refractivity contribution in [2.75, 3.05) is 0 Å². The Morgan fingerprint density at radius 3 is 2.57 bits per heavy atom. The zero-order valence-electron chi connectivity index (χ0n) is 13.5. The molecule has 1 heterocycles. The molecule has 1 aromatic carbocycles. The first kappa shape index (κ1) is 15.7. The maximum atomic E-state index is 4.26. The Kier molecular flexibility index (Phi) is 5.51. The van der Waals surface area contributed by atoms with Crippen LogP contribution in [-0.4, -0.2) is 20.8 Å². The van der Waals surface area contributed by atoms with E-state index in [9.17, 15) is 0 Å². The summed E-state index contributed by atoms with van der Waals surface area (Å²) in [5.41, 5.74) is 2.67. The van der Waals surface area contributed by atoms with Crippen LogP contribution in [0.3, 0.4) is 0 Å². The quantitative estimate of drug-likeness (QED) is 0.849. The van der Waals surface area contributed by atoms with Crippen molar-refractivity contribution >= 4 is 0 Å². The summed E-state index contributed by atoms with van der Waals surface area (Å²) in [4.78, 5) is 0. The van der Waals surface area contributed by atoms with Crippen molar-refractivity contribution < 1.29 is 0 Å². The third-order valence-electron chi connectivity index (χ3n) is 3.69. The third kappa shape index (κ3) is 4.39. The normalized spacial score (nSPS) is 14.1. The zero-order chi connectivity index (χ0) is 15.2. The number of hydrogen-bond donors (Lipinski definition) is 1. The summed E-state index contributed by atoms with van der Waals surface area (Å²) < 4.78 is 2.14. The molecule has 0 bridgehead atoms. The number of nitrogens with zero attached hydrogens (tertiary/aromatic N) is 3. The minimum Gasteiger partial charge on any atom is -0.316 e. The molecule has 0 saturated heterocycles. The first-order chi connectivity index (χ1) is 10.1. The van der Waals surface area contributed by atoms with Crippen molar-refractivity contribution in [2.45, 2.75) is 59.2 Å². The van der Waals surface area contributed by atoms with Gasteiger partial charge in [-0.15, -0.1) is 10.2 Å². The number of rotatable bonds is 7. The number of aromatic nitrogens is 3. The number of hydrogen-bond acceptors (Lipinski definition) is 3. The fourth-order valence-electron chi connectivity index (χ4n) is 2.65. The molecule has 1 N–H and O–H groups in total. The first-order valence-corrected chi connectivity index (χ1v) is 7.79. The second-order valence-electron chi connectivity index (χ2n) is 5.86. The highest BCUT2D eigenvalue weighted by Crippen LogP contribution is 2.12. The third-order valence-corrected chi connectivity index (χ3v) is 3.69. The molecular weight excluding hydrogens is 260 g/mol. The molecule has 0 aliphatic heterocycles. The van der Waals surface area contributed by atoms with Gasteiger partial charge in [0, 0.05) is 12.6 Å². The lowest BCUT2D eigenvalue weighted by Crippen LogP contribution is -2.32. The van der Waals surface area contributed by atoms with Gasteiger partial charge in [-0.05, 0) is 39.2 Å². The van der Waals surface area contributed by atoms with Gasteiger partial charge in [-0.3, -0.25) is 0 Å². The van der Waals surface area contributed by atoms with Gasteiger partial charge < -0.3 is 9.88 Å². The number of benzene rings is 1. The first-order valence-electron chi connectivity index (χ1n) is 7.79. The predicted molar refractivity (Wildman–Crippen MR) is 86.2 cm³/mol. The Bertz CT molecular complexity index is 544. The molecule has 2 rings (SSSR count). The number of nitrogens with one attached hydrogen (secondary N) is 1. The standard InChI is InChI=1S/C17H26N4/c1-5-10-21-12-18-20-17(21)15(4)19-14(3)11-16-8-6-13(2)7-9-16/h6-9,12,14-15,19H,5,10-11H2,1-4H3. The van der Waals surface area contributed by atoms with Gasteiger partial charge in [-0.1, -0.05) is 36.8 Å². The summed E-state index contributed by atoms with van der Waals surface area (Å²) in [6.07, 6.45) is 3.94. The van der Waals surface area contributed by atoms with Gasteiger partial charge in [-0.2, -0.15) is 0 Å². The van der Waals surface area contributed by atoms with Gasteiger partial charge in [0.1, 0.15) is 12.2 Å². The molecule has 0 aliphatic rings. The molecule has 2 aromatic rings. The number of aryl methyl sites for hydroxylation is 2. The average molecular weight is 286 g/mol. The van der Waals surface area contributed by atoms with Crippen LogP contribution in [0.4, 0.5) is 0 Å². The van der Waals surface area contributed by atoms with Crippen LogP contribution in [0, 0.1) is 6.92 Å². The van der Waals surface area contributed by atoms with Crippen LogP contribution < -0.4 is 5.32 Å². The van der Waals surface area contributed by atoms with Crippen LogP contribution in [0.15, 0.2) is 30.6 Å². The summed E-state index contributed by atoms with van der Waals surface area (Å²) in [7, 11) is 0. The maximum Gasteiger partial charge on any atom is 0.149 e. The van der Waals surface area contributed by atoms with Crippen molar-refractivity contribution in [1.29, 1.82) is 0 Å². The van der Waals surface area contributed by atoms with Crippen molar-refractivity contribution in [2.24, 2.45) is 0 Å². The zero-order valence-corrected chi connectivity index (χ0v) is 13.5. The van der Waals surface area contributed by atoms with Crippen LogP contribution in [-0.2, 0) is 13.0 Å². The van der Waals surface area contributed by atoms with Crippen molar-refractivity contribution in [1.82, 2.24) is 20.1 Å². The summed E-state index contributed by atoms with van der Waals surface area (Å²) in [5.74, 6) is 1.02. The summed E-state index contributed by atoms with van der Waals surface area (Å²) in [6, 6.07) is 9.36. The molecule has 0 aliphatic carbocycles. The van der Waals surface area contributed by atoms with Crippen molar-refractivity contribution in [3.63, 3.8) is 0 Å². The van der Waals surface area contributed by atoms with Crippen LogP contribution >= 0.6 is 0 Å². The lowest BCUT2D eigenvalue weighted by molar-refractivity contribution is 0.444. The highest BCUT2D eigenvalue weighted by Gasteiger charge is 2.15. The van der Waals surface area contributed by atoms with E-state index in [-0.39, 0.29) is 6.04 Å². The smallest absolute Gasteiger partial charge is 0.149 e. The Labute approximate surface area is 127 Å². The van der Waals surface area contributed by atoms with Gasteiger partial charge in [0.15, 0.2) is 0 Å². The monoisotopic (exact) mass is 286 g/mol. The Balaban J connectivity index is 1.93. The predicted octanol–water partition coefficient (Wildman–Crippen LogP) is 3.28. The van der Waals surface area contributed by atoms with E-state index in [1.807, 2.05) is 6.33 Å². The fraction of sp³-hybridized carbons (Fsp3) is 0.529. The molecule has 2 atom stereocenters. The van der Waals surface area contributed by atoms with Crippen molar-refractivity contribution in [3.8, 4) is 0 Å². The maximum absolute atomic E-state index is 4.26.